The molecule has 19 heavy (non-hydrogen) atoms. The van der Waals surface area contributed by atoms with E-state index < -0.39 is 0 Å². The summed E-state index contributed by atoms with van der Waals surface area (Å²) in [6, 6.07) is 13.3. The maximum Gasteiger partial charge on any atom is 0.0404 e. The van der Waals surface area contributed by atoms with Crippen LogP contribution in [0.3, 0.4) is 0 Å². The monoisotopic (exact) mass is 333 g/mol. The van der Waals surface area contributed by atoms with E-state index in [0.717, 1.165) is 23.9 Å². The van der Waals surface area contributed by atoms with Gasteiger partial charge in [0.1, 0.15) is 0 Å². The summed E-state index contributed by atoms with van der Waals surface area (Å²) in [5.41, 5.74) is 5.56. The molecule has 0 saturated heterocycles. The Morgan fingerprint density at radius 2 is 1.84 bits per heavy atom. The number of halogens is 1. The Balaban J connectivity index is 1.94. The minimum atomic E-state index is 0.903. The van der Waals surface area contributed by atoms with Gasteiger partial charge in [0.05, 0.1) is 0 Å². The lowest BCUT2D eigenvalue weighted by Crippen LogP contribution is -2.10. The number of rotatable bonds is 1. The smallest absolute Gasteiger partial charge is 0.0404 e. The molecule has 0 saturated carbocycles. The predicted molar refractivity (Wildman–Crippen MR) is 87.1 cm³/mol. The number of fused-ring (bicyclic) bond motifs is 2. The third-order valence-electron chi connectivity index (χ3n) is 3.61. The largest absolute Gasteiger partial charge is 0.381 e. The molecule has 1 N–H and O–H groups in total. The van der Waals surface area contributed by atoms with E-state index in [2.05, 4.69) is 63.9 Å². The van der Waals surface area contributed by atoms with Crippen LogP contribution in [0.4, 0.5) is 5.69 Å². The second-order valence-electron chi connectivity index (χ2n) is 4.79. The highest BCUT2D eigenvalue weighted by molar-refractivity contribution is 9.10. The minimum Gasteiger partial charge on any atom is -0.381 e. The van der Waals surface area contributed by atoms with Crippen molar-refractivity contribution in [1.82, 2.24) is 0 Å². The molecule has 1 nitrogen and oxygen atoms in total. The number of hydrogen-bond donors (Lipinski definition) is 1. The first-order valence-corrected chi connectivity index (χ1v) is 8.46. The van der Waals surface area contributed by atoms with Gasteiger partial charge in [0, 0.05) is 21.6 Å². The van der Waals surface area contributed by atoms with Crippen LogP contribution in [0.15, 0.2) is 45.8 Å². The van der Waals surface area contributed by atoms with Gasteiger partial charge in [0.2, 0.25) is 0 Å². The van der Waals surface area contributed by atoms with Gasteiger partial charge in [0.25, 0.3) is 0 Å². The highest BCUT2D eigenvalue weighted by atomic mass is 79.9. The van der Waals surface area contributed by atoms with Crippen LogP contribution in [0.1, 0.15) is 16.7 Å². The van der Waals surface area contributed by atoms with E-state index in [0.29, 0.717) is 0 Å². The molecule has 1 aliphatic heterocycles. The van der Waals surface area contributed by atoms with Crippen LogP contribution < -0.4 is 5.32 Å². The first-order chi connectivity index (χ1) is 9.26. The minimum absolute atomic E-state index is 0.903. The molecule has 0 aliphatic carbocycles. The quantitative estimate of drug-likeness (QED) is 0.746. The first kappa shape index (κ1) is 13.1. The van der Waals surface area contributed by atoms with Gasteiger partial charge in [-0.25, -0.2) is 0 Å². The molecule has 1 heterocycles. The molecular formula is C16H16BrNS. The third kappa shape index (κ3) is 2.82. The fourth-order valence-corrected chi connectivity index (χ4v) is 3.41. The van der Waals surface area contributed by atoms with Gasteiger partial charge in [-0.1, -0.05) is 22.0 Å². The van der Waals surface area contributed by atoms with E-state index in [1.54, 1.807) is 0 Å². The topological polar surface area (TPSA) is 12.0 Å². The zero-order valence-corrected chi connectivity index (χ0v) is 13.3. The molecule has 1 aliphatic rings. The lowest BCUT2D eigenvalue weighted by molar-refractivity contribution is 0.906. The van der Waals surface area contributed by atoms with E-state index in [9.17, 15) is 0 Å². The summed E-state index contributed by atoms with van der Waals surface area (Å²) in [6.45, 7) is 0.903. The molecule has 98 valence electrons. The molecule has 0 aromatic heterocycles. The van der Waals surface area contributed by atoms with Crippen molar-refractivity contribution in [2.45, 2.75) is 24.3 Å². The highest BCUT2D eigenvalue weighted by Crippen LogP contribution is 2.28. The van der Waals surface area contributed by atoms with Crippen LogP contribution in [0, 0.1) is 0 Å². The summed E-state index contributed by atoms with van der Waals surface area (Å²) < 4.78 is 1.16. The molecule has 0 atom stereocenters. The Kier molecular flexibility index (Phi) is 3.85. The molecule has 2 aromatic carbocycles. The Morgan fingerprint density at radius 1 is 1.00 bits per heavy atom. The molecule has 0 bridgehead atoms. The second kappa shape index (κ2) is 5.59. The van der Waals surface area contributed by atoms with Crippen molar-refractivity contribution >= 4 is 33.4 Å². The van der Waals surface area contributed by atoms with Gasteiger partial charge in [-0.3, -0.25) is 0 Å². The lowest BCUT2D eigenvalue weighted by Gasteiger charge is -2.19. The summed E-state index contributed by atoms with van der Waals surface area (Å²) in [5, 5.41) is 3.57. The number of benzene rings is 2. The average Bonchev–Trinajstić information content (AvgIpc) is 2.42. The molecule has 0 amide bonds. The predicted octanol–water partition coefficient (Wildman–Crippen LogP) is 4.88. The van der Waals surface area contributed by atoms with Gasteiger partial charge < -0.3 is 5.32 Å². The summed E-state index contributed by atoms with van der Waals surface area (Å²) in [4.78, 5) is 1.34. The van der Waals surface area contributed by atoms with Gasteiger partial charge in [-0.15, -0.1) is 11.8 Å². The standard InChI is InChI=1S/C16H16BrNS/c1-19-15-6-7-16-12(9-15)3-2-11-4-5-14(17)8-13(11)10-18-16/h4-9,18H,2-3,10H2,1H3. The molecule has 0 unspecified atom stereocenters. The molecule has 0 radical (unpaired) electrons. The van der Waals surface area contributed by atoms with Gasteiger partial charge in [-0.2, -0.15) is 0 Å². The van der Waals surface area contributed by atoms with Crippen LogP contribution in [0.2, 0.25) is 0 Å². The van der Waals surface area contributed by atoms with Crippen LogP contribution >= 0.6 is 27.7 Å². The normalized spacial score (nSPS) is 13.8. The van der Waals surface area contributed by atoms with E-state index in [1.807, 2.05) is 11.8 Å². The number of aryl methyl sites for hydroxylation is 2. The van der Waals surface area contributed by atoms with Crippen LogP contribution in [-0.2, 0) is 19.4 Å². The van der Waals surface area contributed by atoms with Gasteiger partial charge in [0.15, 0.2) is 0 Å². The van der Waals surface area contributed by atoms with E-state index in [-0.39, 0.29) is 0 Å². The van der Waals surface area contributed by atoms with Crippen LogP contribution in [0.25, 0.3) is 0 Å². The Bertz CT molecular complexity index is 610. The van der Waals surface area contributed by atoms with Crippen molar-refractivity contribution in [3.05, 3.63) is 57.6 Å². The van der Waals surface area contributed by atoms with E-state index >= 15 is 0 Å². The SMILES string of the molecule is CSc1ccc2c(c1)CCc1ccc(Br)cc1CN2. The third-order valence-corrected chi connectivity index (χ3v) is 4.83. The molecule has 3 rings (SSSR count). The number of anilines is 1. The van der Waals surface area contributed by atoms with Crippen LogP contribution in [0.5, 0.6) is 0 Å². The Hall–Kier alpha value is -0.930. The second-order valence-corrected chi connectivity index (χ2v) is 6.58. The van der Waals surface area contributed by atoms with E-state index in [4.69, 9.17) is 0 Å². The number of thioether (sulfide) groups is 1. The molecular weight excluding hydrogens is 318 g/mol. The first-order valence-electron chi connectivity index (χ1n) is 6.44. The maximum atomic E-state index is 3.57. The summed E-state index contributed by atoms with van der Waals surface area (Å²) in [5.74, 6) is 0. The molecule has 3 heteroatoms. The molecule has 0 fully saturated rings. The Labute approximate surface area is 126 Å². The van der Waals surface area contributed by atoms with Crippen molar-refractivity contribution in [3.8, 4) is 0 Å². The number of hydrogen-bond acceptors (Lipinski definition) is 2. The number of nitrogens with one attached hydrogen (secondary N) is 1. The molecule has 0 spiro atoms. The summed E-state index contributed by atoms with van der Waals surface area (Å²) in [7, 11) is 0. The van der Waals surface area contributed by atoms with Crippen molar-refractivity contribution in [2.75, 3.05) is 11.6 Å². The van der Waals surface area contributed by atoms with Crippen molar-refractivity contribution < 1.29 is 0 Å². The van der Waals surface area contributed by atoms with Gasteiger partial charge in [-0.05, 0) is 66.1 Å². The average molecular weight is 334 g/mol. The van der Waals surface area contributed by atoms with Gasteiger partial charge >= 0.3 is 0 Å². The van der Waals surface area contributed by atoms with Crippen LogP contribution in [-0.4, -0.2) is 6.26 Å². The molecule has 2 aromatic rings. The zero-order chi connectivity index (χ0) is 13.2. The van der Waals surface area contributed by atoms with E-state index in [1.165, 1.54) is 27.3 Å². The zero-order valence-electron chi connectivity index (χ0n) is 10.9. The highest BCUT2D eigenvalue weighted by Gasteiger charge is 2.11. The van der Waals surface area contributed by atoms with Crippen molar-refractivity contribution in [3.63, 3.8) is 0 Å². The Morgan fingerprint density at radius 3 is 2.68 bits per heavy atom. The van der Waals surface area contributed by atoms with Crippen molar-refractivity contribution in [1.29, 1.82) is 0 Å². The maximum absolute atomic E-state index is 3.57. The fourth-order valence-electron chi connectivity index (χ4n) is 2.54. The van der Waals surface area contributed by atoms with Crippen molar-refractivity contribution in [2.24, 2.45) is 0 Å². The summed E-state index contributed by atoms with van der Waals surface area (Å²) >= 11 is 5.36. The summed E-state index contributed by atoms with van der Waals surface area (Å²) in [6.07, 6.45) is 4.35. The fraction of sp³-hybridized carbons (Fsp3) is 0.250. The lowest BCUT2D eigenvalue weighted by atomic mass is 9.96.